The van der Waals surface area contributed by atoms with E-state index in [4.69, 9.17) is 4.74 Å². The SMILES string of the molecule is CCOC(=O)C1C(=O)CCC1c1ccccc1O. The van der Waals surface area contributed by atoms with Crippen LogP contribution in [0.2, 0.25) is 0 Å². The maximum atomic E-state index is 11.8. The van der Waals surface area contributed by atoms with E-state index in [0.717, 1.165) is 0 Å². The summed E-state index contributed by atoms with van der Waals surface area (Å²) in [6.07, 6.45) is 0.947. The first-order valence-corrected chi connectivity index (χ1v) is 6.12. The van der Waals surface area contributed by atoms with Crippen molar-refractivity contribution >= 4 is 11.8 Å². The molecule has 1 saturated carbocycles. The molecule has 1 aliphatic rings. The Bertz CT molecular complexity index is 467. The maximum Gasteiger partial charge on any atom is 0.317 e. The molecule has 0 bridgehead atoms. The Kier molecular flexibility index (Phi) is 3.65. The minimum absolute atomic E-state index is 0.0956. The van der Waals surface area contributed by atoms with E-state index in [-0.39, 0.29) is 24.1 Å². The molecule has 1 aromatic carbocycles. The van der Waals surface area contributed by atoms with Crippen LogP contribution in [-0.4, -0.2) is 23.5 Å². The van der Waals surface area contributed by atoms with E-state index in [0.29, 0.717) is 18.4 Å². The fourth-order valence-corrected chi connectivity index (χ4v) is 2.51. The van der Waals surface area contributed by atoms with Crippen molar-refractivity contribution in [1.29, 1.82) is 0 Å². The summed E-state index contributed by atoms with van der Waals surface area (Å²) in [5, 5.41) is 9.82. The number of carbonyl (C=O) groups excluding carboxylic acids is 2. The van der Waals surface area contributed by atoms with Crippen molar-refractivity contribution in [3.63, 3.8) is 0 Å². The summed E-state index contributed by atoms with van der Waals surface area (Å²) in [7, 11) is 0. The second-order valence-corrected chi connectivity index (χ2v) is 4.40. The number of rotatable bonds is 3. The number of benzene rings is 1. The lowest BCUT2D eigenvalue weighted by Gasteiger charge is -2.18. The number of aromatic hydroxyl groups is 1. The van der Waals surface area contributed by atoms with Crippen molar-refractivity contribution in [3.8, 4) is 5.75 Å². The van der Waals surface area contributed by atoms with E-state index in [9.17, 15) is 14.7 Å². The minimum Gasteiger partial charge on any atom is -0.508 e. The van der Waals surface area contributed by atoms with Crippen LogP contribution in [0.1, 0.15) is 31.2 Å². The number of phenols is 1. The lowest BCUT2D eigenvalue weighted by molar-refractivity contribution is -0.151. The zero-order valence-corrected chi connectivity index (χ0v) is 10.3. The van der Waals surface area contributed by atoms with Crippen LogP contribution in [0.3, 0.4) is 0 Å². The van der Waals surface area contributed by atoms with E-state index in [2.05, 4.69) is 0 Å². The van der Waals surface area contributed by atoms with Gasteiger partial charge >= 0.3 is 5.97 Å². The molecule has 1 aromatic rings. The zero-order valence-electron chi connectivity index (χ0n) is 10.3. The van der Waals surface area contributed by atoms with Crippen LogP contribution in [0.15, 0.2) is 24.3 Å². The Balaban J connectivity index is 2.30. The van der Waals surface area contributed by atoms with Crippen LogP contribution in [0.25, 0.3) is 0 Å². The van der Waals surface area contributed by atoms with Crippen molar-refractivity contribution in [2.45, 2.75) is 25.7 Å². The van der Waals surface area contributed by atoms with Crippen LogP contribution in [0, 0.1) is 5.92 Å². The molecular formula is C14H16O4. The molecule has 4 nitrogen and oxygen atoms in total. The summed E-state index contributed by atoms with van der Waals surface area (Å²) < 4.78 is 4.95. The molecule has 4 heteroatoms. The Labute approximate surface area is 106 Å². The molecule has 0 aromatic heterocycles. The predicted molar refractivity (Wildman–Crippen MR) is 65.2 cm³/mol. The minimum atomic E-state index is -0.766. The van der Waals surface area contributed by atoms with Gasteiger partial charge in [0, 0.05) is 12.3 Å². The topological polar surface area (TPSA) is 63.6 Å². The van der Waals surface area contributed by atoms with Gasteiger partial charge in [0.2, 0.25) is 0 Å². The van der Waals surface area contributed by atoms with Gasteiger partial charge in [0.25, 0.3) is 0 Å². The highest BCUT2D eigenvalue weighted by atomic mass is 16.5. The quantitative estimate of drug-likeness (QED) is 0.656. The molecule has 2 atom stereocenters. The van der Waals surface area contributed by atoms with Crippen LogP contribution in [0.4, 0.5) is 0 Å². The second-order valence-electron chi connectivity index (χ2n) is 4.40. The van der Waals surface area contributed by atoms with Crippen LogP contribution >= 0.6 is 0 Å². The number of phenolic OH excluding ortho intramolecular Hbond substituents is 1. The van der Waals surface area contributed by atoms with Gasteiger partial charge in [-0.25, -0.2) is 0 Å². The molecule has 18 heavy (non-hydrogen) atoms. The zero-order chi connectivity index (χ0) is 13.1. The van der Waals surface area contributed by atoms with Crippen molar-refractivity contribution in [2.75, 3.05) is 6.61 Å². The van der Waals surface area contributed by atoms with Gasteiger partial charge in [-0.2, -0.15) is 0 Å². The highest BCUT2D eigenvalue weighted by molar-refractivity contribution is 6.01. The van der Waals surface area contributed by atoms with E-state index in [1.165, 1.54) is 0 Å². The van der Waals surface area contributed by atoms with E-state index in [1.807, 2.05) is 0 Å². The maximum absolute atomic E-state index is 11.8. The Morgan fingerprint density at radius 3 is 2.83 bits per heavy atom. The summed E-state index contributed by atoms with van der Waals surface area (Å²) in [6, 6.07) is 6.83. The summed E-state index contributed by atoms with van der Waals surface area (Å²) in [5.41, 5.74) is 0.654. The Hall–Kier alpha value is -1.84. The van der Waals surface area contributed by atoms with Crippen LogP contribution in [0.5, 0.6) is 5.75 Å². The third-order valence-electron chi connectivity index (χ3n) is 3.33. The summed E-state index contributed by atoms with van der Waals surface area (Å²) >= 11 is 0. The predicted octanol–water partition coefficient (Wildman–Crippen LogP) is 2.02. The number of para-hydroxylation sites is 1. The lowest BCUT2D eigenvalue weighted by Crippen LogP contribution is -2.26. The van der Waals surface area contributed by atoms with Gasteiger partial charge < -0.3 is 9.84 Å². The van der Waals surface area contributed by atoms with Crippen molar-refractivity contribution in [3.05, 3.63) is 29.8 Å². The average Bonchev–Trinajstić information content (AvgIpc) is 2.72. The fraction of sp³-hybridized carbons (Fsp3) is 0.429. The summed E-state index contributed by atoms with van der Waals surface area (Å²) in [4.78, 5) is 23.6. The number of hydrogen-bond acceptors (Lipinski definition) is 4. The molecule has 96 valence electrons. The average molecular weight is 248 g/mol. The first kappa shape index (κ1) is 12.6. The smallest absolute Gasteiger partial charge is 0.317 e. The number of ether oxygens (including phenoxy) is 1. The van der Waals surface area contributed by atoms with Gasteiger partial charge in [0.15, 0.2) is 0 Å². The molecule has 2 unspecified atom stereocenters. The highest BCUT2D eigenvalue weighted by Crippen LogP contribution is 2.41. The summed E-state index contributed by atoms with van der Waals surface area (Å²) in [5.74, 6) is -1.47. The largest absolute Gasteiger partial charge is 0.508 e. The lowest BCUT2D eigenvalue weighted by atomic mass is 9.88. The molecule has 0 radical (unpaired) electrons. The number of carbonyl (C=O) groups is 2. The molecule has 2 rings (SSSR count). The van der Waals surface area contributed by atoms with Gasteiger partial charge in [-0.1, -0.05) is 18.2 Å². The van der Waals surface area contributed by atoms with Crippen molar-refractivity contribution < 1.29 is 19.4 Å². The normalized spacial score (nSPS) is 23.1. The monoisotopic (exact) mass is 248 g/mol. The van der Waals surface area contributed by atoms with Gasteiger partial charge in [-0.3, -0.25) is 9.59 Å². The molecule has 0 heterocycles. The molecule has 1 N–H and O–H groups in total. The molecule has 0 amide bonds. The molecule has 1 aliphatic carbocycles. The van der Waals surface area contributed by atoms with Gasteiger partial charge in [0.05, 0.1) is 6.61 Å². The van der Waals surface area contributed by atoms with E-state index >= 15 is 0 Å². The first-order chi connectivity index (χ1) is 8.65. The Morgan fingerprint density at radius 1 is 1.44 bits per heavy atom. The third kappa shape index (κ3) is 2.23. The molecule has 0 aliphatic heterocycles. The van der Waals surface area contributed by atoms with E-state index < -0.39 is 11.9 Å². The second kappa shape index (κ2) is 5.21. The van der Waals surface area contributed by atoms with E-state index in [1.54, 1.807) is 31.2 Å². The number of esters is 1. The number of ketones is 1. The molecule has 0 spiro atoms. The summed E-state index contributed by atoms with van der Waals surface area (Å²) in [6.45, 7) is 1.97. The molecule has 0 saturated heterocycles. The molecular weight excluding hydrogens is 232 g/mol. The van der Waals surface area contributed by atoms with Gasteiger partial charge in [0.1, 0.15) is 17.5 Å². The Morgan fingerprint density at radius 2 is 2.17 bits per heavy atom. The van der Waals surface area contributed by atoms with Crippen LogP contribution in [-0.2, 0) is 14.3 Å². The number of hydrogen-bond donors (Lipinski definition) is 1. The standard InChI is InChI=1S/C14H16O4/c1-2-18-14(17)13-10(7-8-12(13)16)9-5-3-4-6-11(9)15/h3-6,10,13,15H,2,7-8H2,1H3. The van der Waals surface area contributed by atoms with Crippen LogP contribution < -0.4 is 0 Å². The first-order valence-electron chi connectivity index (χ1n) is 6.12. The molecule has 1 fully saturated rings. The van der Waals surface area contributed by atoms with Gasteiger partial charge in [-0.05, 0) is 25.0 Å². The van der Waals surface area contributed by atoms with Gasteiger partial charge in [-0.15, -0.1) is 0 Å². The van der Waals surface area contributed by atoms with Crippen molar-refractivity contribution in [2.24, 2.45) is 5.92 Å². The fourth-order valence-electron chi connectivity index (χ4n) is 2.51. The highest BCUT2D eigenvalue weighted by Gasteiger charge is 2.42. The number of Topliss-reactive ketones (excluding diaryl/α,β-unsaturated/α-hetero) is 1. The van der Waals surface area contributed by atoms with Crippen molar-refractivity contribution in [1.82, 2.24) is 0 Å². The third-order valence-corrected chi connectivity index (χ3v) is 3.33.